The second-order valence-corrected chi connectivity index (χ2v) is 8.09. The van der Waals surface area contributed by atoms with Gasteiger partial charge in [-0.3, -0.25) is 14.9 Å². The van der Waals surface area contributed by atoms with Crippen LogP contribution in [0.3, 0.4) is 0 Å². The van der Waals surface area contributed by atoms with Crippen molar-refractivity contribution < 1.29 is 9.72 Å². The monoisotopic (exact) mass is 341 g/mol. The lowest BCUT2D eigenvalue weighted by molar-refractivity contribution is -0.384. The molecule has 6 heteroatoms. The molecule has 4 saturated carbocycles. The lowest BCUT2D eigenvalue weighted by atomic mass is 9.58. The molecular weight excluding hydrogens is 318 g/mol. The second kappa shape index (κ2) is 6.24. The van der Waals surface area contributed by atoms with Crippen molar-refractivity contribution in [2.45, 2.75) is 44.9 Å². The molecular formula is C19H23N3O3. The smallest absolute Gasteiger partial charge is 0.269 e. The molecule has 0 aliphatic heterocycles. The van der Waals surface area contributed by atoms with Crippen molar-refractivity contribution in [2.75, 3.05) is 0 Å². The molecule has 4 aliphatic rings. The Labute approximate surface area is 146 Å². The van der Waals surface area contributed by atoms with E-state index >= 15 is 0 Å². The van der Waals surface area contributed by atoms with E-state index in [0.717, 1.165) is 24.8 Å². The fourth-order valence-corrected chi connectivity index (χ4v) is 5.44. The summed E-state index contributed by atoms with van der Waals surface area (Å²) in [6.07, 6.45) is 9.76. The molecule has 2 atom stereocenters. The van der Waals surface area contributed by atoms with Gasteiger partial charge in [0, 0.05) is 12.1 Å². The van der Waals surface area contributed by atoms with E-state index in [4.69, 9.17) is 0 Å². The molecule has 0 heterocycles. The van der Waals surface area contributed by atoms with Crippen molar-refractivity contribution in [1.29, 1.82) is 0 Å². The summed E-state index contributed by atoms with van der Waals surface area (Å²) in [5.41, 5.74) is 3.30. The van der Waals surface area contributed by atoms with E-state index in [9.17, 15) is 14.9 Å². The number of fused-ring (bicyclic) bond motifs is 1. The van der Waals surface area contributed by atoms with Gasteiger partial charge >= 0.3 is 0 Å². The normalized spacial score (nSPS) is 33.4. The molecule has 2 unspecified atom stereocenters. The highest BCUT2D eigenvalue weighted by Crippen LogP contribution is 2.57. The standard InChI is InChI=1S/C19H23N3O3/c23-18(21-20-12-13-3-5-17(6-4-13)22(24)25)19-9-14-1-2-15(10-19)8-16(7-14)11-19/h3-6,12,14-16H,1-2,7-11H2,(H,21,23)/b20-12+. The maximum absolute atomic E-state index is 12.9. The largest absolute Gasteiger partial charge is 0.273 e. The van der Waals surface area contributed by atoms with Crippen LogP contribution in [0.4, 0.5) is 5.69 Å². The van der Waals surface area contributed by atoms with Gasteiger partial charge in [-0.15, -0.1) is 0 Å². The molecule has 1 N–H and O–H groups in total. The van der Waals surface area contributed by atoms with E-state index in [2.05, 4.69) is 10.5 Å². The average molecular weight is 341 g/mol. The van der Waals surface area contributed by atoms with Crippen molar-refractivity contribution in [3.8, 4) is 0 Å². The third kappa shape index (κ3) is 3.17. The molecule has 25 heavy (non-hydrogen) atoms. The first-order valence-corrected chi connectivity index (χ1v) is 9.12. The first-order chi connectivity index (χ1) is 12.0. The number of hydrazone groups is 1. The number of carbonyl (C=O) groups is 1. The number of hydrogen-bond donors (Lipinski definition) is 1. The van der Waals surface area contributed by atoms with Gasteiger partial charge in [0.2, 0.25) is 5.91 Å². The van der Waals surface area contributed by atoms with Crippen LogP contribution in [0.5, 0.6) is 0 Å². The van der Waals surface area contributed by atoms with Gasteiger partial charge in [-0.05, 0) is 67.6 Å². The minimum atomic E-state index is -0.432. The first-order valence-electron chi connectivity index (χ1n) is 9.12. The molecule has 4 aliphatic carbocycles. The van der Waals surface area contributed by atoms with Gasteiger partial charge in [0.15, 0.2) is 0 Å². The average Bonchev–Trinajstić information content (AvgIpc) is 2.81. The Hall–Kier alpha value is -2.24. The summed E-state index contributed by atoms with van der Waals surface area (Å²) in [4.78, 5) is 23.1. The van der Waals surface area contributed by atoms with Gasteiger partial charge in [-0.25, -0.2) is 5.43 Å². The highest BCUT2D eigenvalue weighted by molar-refractivity contribution is 5.85. The van der Waals surface area contributed by atoms with Crippen LogP contribution in [-0.2, 0) is 4.79 Å². The highest BCUT2D eigenvalue weighted by Gasteiger charge is 2.52. The molecule has 132 valence electrons. The number of nitrogens with one attached hydrogen (secondary N) is 1. The van der Waals surface area contributed by atoms with Crippen LogP contribution in [0, 0.1) is 33.3 Å². The summed E-state index contributed by atoms with van der Waals surface area (Å²) in [7, 11) is 0. The SMILES string of the molecule is O=C(N/N=C/c1ccc([N+](=O)[O-])cc1)C12CC3CCC(CC(C3)C1)C2. The number of hydrogen-bond acceptors (Lipinski definition) is 4. The van der Waals surface area contributed by atoms with Crippen molar-refractivity contribution >= 4 is 17.8 Å². The molecule has 1 aromatic carbocycles. The third-order valence-electron chi connectivity index (χ3n) is 6.32. The number of nitro groups is 1. The highest BCUT2D eigenvalue weighted by atomic mass is 16.6. The van der Waals surface area contributed by atoms with E-state index in [1.807, 2.05) is 0 Å². The number of nitro benzene ring substituents is 1. The molecule has 0 aromatic heterocycles. The molecule has 1 aromatic rings. The van der Waals surface area contributed by atoms with Gasteiger partial charge < -0.3 is 0 Å². The van der Waals surface area contributed by atoms with E-state index in [1.165, 1.54) is 37.8 Å². The number of nitrogens with zero attached hydrogens (tertiary/aromatic N) is 2. The Morgan fingerprint density at radius 2 is 1.72 bits per heavy atom. The predicted octanol–water partition coefficient (Wildman–Crippen LogP) is 3.65. The van der Waals surface area contributed by atoms with Gasteiger partial charge in [0.25, 0.3) is 5.69 Å². The van der Waals surface area contributed by atoms with E-state index in [0.29, 0.717) is 17.8 Å². The third-order valence-corrected chi connectivity index (χ3v) is 6.32. The van der Waals surface area contributed by atoms with Crippen LogP contribution in [-0.4, -0.2) is 17.0 Å². The molecule has 0 saturated heterocycles. The van der Waals surface area contributed by atoms with Crippen LogP contribution in [0.25, 0.3) is 0 Å². The predicted molar refractivity (Wildman–Crippen MR) is 94.1 cm³/mol. The Kier molecular flexibility index (Phi) is 4.06. The Balaban J connectivity index is 1.42. The van der Waals surface area contributed by atoms with Gasteiger partial charge in [0.1, 0.15) is 0 Å². The van der Waals surface area contributed by atoms with Crippen LogP contribution < -0.4 is 5.43 Å². The minimum Gasteiger partial charge on any atom is -0.273 e. The number of carbonyl (C=O) groups excluding carboxylic acids is 1. The van der Waals surface area contributed by atoms with Crippen molar-refractivity contribution in [2.24, 2.45) is 28.3 Å². The number of benzene rings is 1. The summed E-state index contributed by atoms with van der Waals surface area (Å²) in [5.74, 6) is 2.18. The van der Waals surface area contributed by atoms with Gasteiger partial charge in [-0.2, -0.15) is 5.10 Å². The van der Waals surface area contributed by atoms with Crippen LogP contribution in [0.15, 0.2) is 29.4 Å². The maximum atomic E-state index is 12.9. The van der Waals surface area contributed by atoms with Crippen LogP contribution in [0.2, 0.25) is 0 Å². The van der Waals surface area contributed by atoms with Crippen molar-refractivity contribution in [3.63, 3.8) is 0 Å². The fraction of sp³-hybridized carbons (Fsp3) is 0.579. The second-order valence-electron chi connectivity index (χ2n) is 8.09. The Morgan fingerprint density at radius 3 is 2.32 bits per heavy atom. The lowest BCUT2D eigenvalue weighted by Crippen LogP contribution is -2.47. The first kappa shape index (κ1) is 16.2. The molecule has 4 bridgehead atoms. The maximum Gasteiger partial charge on any atom is 0.269 e. The molecule has 4 fully saturated rings. The number of non-ortho nitro benzene ring substituents is 1. The summed E-state index contributed by atoms with van der Waals surface area (Å²) in [6.45, 7) is 0. The molecule has 5 rings (SSSR count). The van der Waals surface area contributed by atoms with E-state index in [1.54, 1.807) is 18.3 Å². The summed E-state index contributed by atoms with van der Waals surface area (Å²) in [6, 6.07) is 6.13. The van der Waals surface area contributed by atoms with Gasteiger partial charge in [-0.1, -0.05) is 12.8 Å². The zero-order chi connectivity index (χ0) is 17.4. The summed E-state index contributed by atoms with van der Waals surface area (Å²) < 4.78 is 0. The van der Waals surface area contributed by atoms with E-state index < -0.39 is 4.92 Å². The molecule has 0 spiro atoms. The zero-order valence-electron chi connectivity index (χ0n) is 14.2. The lowest BCUT2D eigenvalue weighted by Gasteiger charge is -2.46. The Bertz CT molecular complexity index is 697. The quantitative estimate of drug-likeness (QED) is 0.515. The minimum absolute atomic E-state index is 0.0472. The molecule has 1 amide bonds. The van der Waals surface area contributed by atoms with Crippen molar-refractivity contribution in [1.82, 2.24) is 5.43 Å². The fourth-order valence-electron chi connectivity index (χ4n) is 5.44. The van der Waals surface area contributed by atoms with Crippen LogP contribution >= 0.6 is 0 Å². The number of rotatable bonds is 4. The zero-order valence-corrected chi connectivity index (χ0v) is 14.2. The summed E-state index contributed by atoms with van der Waals surface area (Å²) in [5, 5.41) is 14.8. The Morgan fingerprint density at radius 1 is 1.12 bits per heavy atom. The van der Waals surface area contributed by atoms with Gasteiger partial charge in [0.05, 0.1) is 16.6 Å². The van der Waals surface area contributed by atoms with Crippen molar-refractivity contribution in [3.05, 3.63) is 39.9 Å². The molecule has 0 radical (unpaired) electrons. The summed E-state index contributed by atoms with van der Waals surface area (Å²) >= 11 is 0. The molecule has 6 nitrogen and oxygen atoms in total. The van der Waals surface area contributed by atoms with E-state index in [-0.39, 0.29) is 17.0 Å². The van der Waals surface area contributed by atoms with Crippen LogP contribution in [0.1, 0.15) is 50.5 Å². The number of amides is 1. The topological polar surface area (TPSA) is 84.6 Å².